The van der Waals surface area contributed by atoms with Crippen LogP contribution in [0.4, 0.5) is 0 Å². The first-order chi connectivity index (χ1) is 14.5. The van der Waals surface area contributed by atoms with Crippen molar-refractivity contribution in [2.24, 2.45) is 0 Å². The van der Waals surface area contributed by atoms with Gasteiger partial charge in [0.05, 0.1) is 0 Å². The SMILES string of the molecule is Cc1ccc(/C=C/C(=O)NCCCCCCNC(=O)/C=C/c2ccc(C)cc2)cc1. The van der Waals surface area contributed by atoms with E-state index in [1.165, 1.54) is 11.1 Å². The molecule has 0 saturated heterocycles. The molecule has 0 aliphatic heterocycles. The topological polar surface area (TPSA) is 58.2 Å². The summed E-state index contributed by atoms with van der Waals surface area (Å²) < 4.78 is 0. The summed E-state index contributed by atoms with van der Waals surface area (Å²) in [6.45, 7) is 5.42. The normalized spacial score (nSPS) is 11.1. The van der Waals surface area contributed by atoms with Crippen molar-refractivity contribution in [2.75, 3.05) is 13.1 Å². The highest BCUT2D eigenvalue weighted by molar-refractivity contribution is 5.92. The van der Waals surface area contributed by atoms with Crippen molar-refractivity contribution >= 4 is 24.0 Å². The van der Waals surface area contributed by atoms with E-state index in [0.717, 1.165) is 36.8 Å². The first kappa shape index (κ1) is 23.1. The number of hydrogen-bond donors (Lipinski definition) is 2. The molecule has 0 fully saturated rings. The Morgan fingerprint density at radius 2 is 1.00 bits per heavy atom. The molecule has 2 aromatic rings. The predicted molar refractivity (Wildman–Crippen MR) is 125 cm³/mol. The highest BCUT2D eigenvalue weighted by atomic mass is 16.2. The van der Waals surface area contributed by atoms with Crippen LogP contribution in [0.2, 0.25) is 0 Å². The lowest BCUT2D eigenvalue weighted by atomic mass is 10.1. The maximum atomic E-state index is 11.8. The van der Waals surface area contributed by atoms with Gasteiger partial charge in [-0.2, -0.15) is 0 Å². The van der Waals surface area contributed by atoms with Crippen molar-refractivity contribution in [3.8, 4) is 0 Å². The van der Waals surface area contributed by atoms with E-state index in [1.54, 1.807) is 12.2 Å². The van der Waals surface area contributed by atoms with Gasteiger partial charge in [-0.3, -0.25) is 9.59 Å². The highest BCUT2D eigenvalue weighted by Crippen LogP contribution is 2.06. The third kappa shape index (κ3) is 9.87. The van der Waals surface area contributed by atoms with Gasteiger partial charge in [0.25, 0.3) is 0 Å². The van der Waals surface area contributed by atoms with Crippen LogP contribution in [0, 0.1) is 13.8 Å². The molecule has 0 saturated carbocycles. The fraction of sp³-hybridized carbons (Fsp3) is 0.308. The number of carbonyl (C=O) groups is 2. The molecule has 2 amide bonds. The molecule has 0 aliphatic rings. The molecule has 0 radical (unpaired) electrons. The van der Waals surface area contributed by atoms with Gasteiger partial charge in [-0.15, -0.1) is 0 Å². The second kappa shape index (κ2) is 13.2. The number of carbonyl (C=O) groups excluding carboxylic acids is 2. The minimum Gasteiger partial charge on any atom is -0.353 e. The number of benzene rings is 2. The van der Waals surface area contributed by atoms with E-state index in [0.29, 0.717) is 13.1 Å². The largest absolute Gasteiger partial charge is 0.353 e. The zero-order chi connectivity index (χ0) is 21.6. The molecule has 0 heterocycles. The van der Waals surface area contributed by atoms with Crippen LogP contribution in [0.5, 0.6) is 0 Å². The number of aryl methyl sites for hydroxylation is 2. The van der Waals surface area contributed by atoms with Gasteiger partial charge in [0.1, 0.15) is 0 Å². The number of rotatable bonds is 11. The molecular formula is C26H32N2O2. The van der Waals surface area contributed by atoms with Crippen LogP contribution < -0.4 is 10.6 Å². The number of amides is 2. The van der Waals surface area contributed by atoms with Crippen LogP contribution in [0.15, 0.2) is 60.7 Å². The van der Waals surface area contributed by atoms with Gasteiger partial charge in [0.15, 0.2) is 0 Å². The third-order valence-electron chi connectivity index (χ3n) is 4.71. The lowest BCUT2D eigenvalue weighted by molar-refractivity contribution is -0.117. The molecule has 4 heteroatoms. The number of nitrogens with one attached hydrogen (secondary N) is 2. The van der Waals surface area contributed by atoms with E-state index in [-0.39, 0.29) is 11.8 Å². The van der Waals surface area contributed by atoms with Crippen LogP contribution in [-0.4, -0.2) is 24.9 Å². The fourth-order valence-electron chi connectivity index (χ4n) is 2.84. The Morgan fingerprint density at radius 1 is 0.633 bits per heavy atom. The number of hydrogen-bond acceptors (Lipinski definition) is 2. The van der Waals surface area contributed by atoms with Crippen LogP contribution in [0.25, 0.3) is 12.2 Å². The molecule has 0 aromatic heterocycles. The van der Waals surface area contributed by atoms with Gasteiger partial charge in [-0.25, -0.2) is 0 Å². The Balaban J connectivity index is 1.48. The fourth-order valence-corrected chi connectivity index (χ4v) is 2.84. The van der Waals surface area contributed by atoms with E-state index in [1.807, 2.05) is 74.5 Å². The molecule has 4 nitrogen and oxygen atoms in total. The van der Waals surface area contributed by atoms with Crippen LogP contribution >= 0.6 is 0 Å². The summed E-state index contributed by atoms with van der Waals surface area (Å²) in [6.07, 6.45) is 10.7. The van der Waals surface area contributed by atoms with Gasteiger partial charge in [0.2, 0.25) is 11.8 Å². The lowest BCUT2D eigenvalue weighted by Gasteiger charge is -2.04. The monoisotopic (exact) mass is 404 g/mol. The first-order valence-corrected chi connectivity index (χ1v) is 10.6. The quantitative estimate of drug-likeness (QED) is 0.417. The standard InChI is InChI=1S/C26H32N2O2/c1-21-7-11-23(12-8-21)15-17-25(29)27-19-5-3-4-6-20-28-26(30)18-16-24-13-9-22(2)10-14-24/h7-18H,3-6,19-20H2,1-2H3,(H,27,29)(H,28,30)/b17-15+,18-16+. The summed E-state index contributed by atoms with van der Waals surface area (Å²) in [4.78, 5) is 23.6. The van der Waals surface area contributed by atoms with Gasteiger partial charge in [-0.1, -0.05) is 72.5 Å². The Hall–Kier alpha value is -3.14. The summed E-state index contributed by atoms with van der Waals surface area (Å²) in [7, 11) is 0. The van der Waals surface area contributed by atoms with Crippen molar-refractivity contribution in [2.45, 2.75) is 39.5 Å². The van der Waals surface area contributed by atoms with Crippen molar-refractivity contribution in [3.05, 3.63) is 82.9 Å². The molecule has 0 spiro atoms. The molecule has 30 heavy (non-hydrogen) atoms. The molecule has 2 aromatic carbocycles. The Morgan fingerprint density at radius 3 is 1.37 bits per heavy atom. The molecule has 0 aliphatic carbocycles. The second-order valence-corrected chi connectivity index (χ2v) is 7.48. The van der Waals surface area contributed by atoms with Crippen LogP contribution in [-0.2, 0) is 9.59 Å². The summed E-state index contributed by atoms with van der Waals surface area (Å²) in [6, 6.07) is 16.1. The Labute approximate surface area is 180 Å². The highest BCUT2D eigenvalue weighted by Gasteiger charge is 1.97. The van der Waals surface area contributed by atoms with Crippen LogP contribution in [0.3, 0.4) is 0 Å². The number of unbranched alkanes of at least 4 members (excludes halogenated alkanes) is 3. The second-order valence-electron chi connectivity index (χ2n) is 7.48. The summed E-state index contributed by atoms with van der Waals surface area (Å²) in [5.41, 5.74) is 4.45. The van der Waals surface area contributed by atoms with Gasteiger partial charge in [-0.05, 0) is 50.0 Å². The predicted octanol–water partition coefficient (Wildman–Crippen LogP) is 4.82. The van der Waals surface area contributed by atoms with E-state index in [9.17, 15) is 9.59 Å². The third-order valence-corrected chi connectivity index (χ3v) is 4.71. The molecular weight excluding hydrogens is 372 g/mol. The summed E-state index contributed by atoms with van der Waals surface area (Å²) in [5.74, 6) is -0.133. The van der Waals surface area contributed by atoms with E-state index < -0.39 is 0 Å². The van der Waals surface area contributed by atoms with Crippen molar-refractivity contribution in [3.63, 3.8) is 0 Å². The van der Waals surface area contributed by atoms with Gasteiger partial charge < -0.3 is 10.6 Å². The Kier molecular flexibility index (Phi) is 10.1. The minimum absolute atomic E-state index is 0.0665. The van der Waals surface area contributed by atoms with Crippen molar-refractivity contribution < 1.29 is 9.59 Å². The molecule has 0 bridgehead atoms. The summed E-state index contributed by atoms with van der Waals surface area (Å²) >= 11 is 0. The first-order valence-electron chi connectivity index (χ1n) is 10.6. The maximum absolute atomic E-state index is 11.8. The Bertz CT molecular complexity index is 776. The molecule has 2 rings (SSSR count). The molecule has 158 valence electrons. The van der Waals surface area contributed by atoms with E-state index in [4.69, 9.17) is 0 Å². The van der Waals surface area contributed by atoms with Gasteiger partial charge >= 0.3 is 0 Å². The van der Waals surface area contributed by atoms with Crippen molar-refractivity contribution in [1.29, 1.82) is 0 Å². The average molecular weight is 405 g/mol. The lowest BCUT2D eigenvalue weighted by Crippen LogP contribution is -2.23. The molecule has 2 N–H and O–H groups in total. The summed E-state index contributed by atoms with van der Waals surface area (Å²) in [5, 5.41) is 5.81. The molecule has 0 unspecified atom stereocenters. The molecule has 0 atom stereocenters. The smallest absolute Gasteiger partial charge is 0.243 e. The average Bonchev–Trinajstić information content (AvgIpc) is 2.74. The maximum Gasteiger partial charge on any atom is 0.243 e. The van der Waals surface area contributed by atoms with Gasteiger partial charge in [0, 0.05) is 25.2 Å². The minimum atomic E-state index is -0.0665. The van der Waals surface area contributed by atoms with E-state index >= 15 is 0 Å². The zero-order valence-electron chi connectivity index (χ0n) is 18.0. The van der Waals surface area contributed by atoms with E-state index in [2.05, 4.69) is 10.6 Å². The van der Waals surface area contributed by atoms with Crippen molar-refractivity contribution in [1.82, 2.24) is 10.6 Å². The van der Waals surface area contributed by atoms with Crippen LogP contribution in [0.1, 0.15) is 47.9 Å². The zero-order valence-corrected chi connectivity index (χ0v) is 18.0.